The molecule has 2 N–H and O–H groups in total. The zero-order valence-electron chi connectivity index (χ0n) is 10.2. The fraction of sp³-hybridized carbons (Fsp3) is 0.200. The normalized spacial score (nSPS) is 12.3. The average Bonchev–Trinajstić information content (AvgIpc) is 2.38. The number of aromatic hydroxyl groups is 1. The maximum atomic E-state index is 9.70. The molecule has 0 aromatic heterocycles. The lowest BCUT2D eigenvalue weighted by molar-refractivity contribution is 0.460. The van der Waals surface area contributed by atoms with Gasteiger partial charge in [0.05, 0.1) is 0 Å². The van der Waals surface area contributed by atoms with E-state index in [1.807, 2.05) is 36.4 Å². The van der Waals surface area contributed by atoms with Crippen LogP contribution in [0.3, 0.4) is 0 Å². The number of rotatable bonds is 4. The van der Waals surface area contributed by atoms with E-state index in [9.17, 15) is 5.11 Å². The zero-order valence-corrected chi connectivity index (χ0v) is 11.8. The number of phenols is 1. The van der Waals surface area contributed by atoms with E-state index in [4.69, 9.17) is 0 Å². The van der Waals surface area contributed by atoms with Crippen LogP contribution in [-0.2, 0) is 6.54 Å². The molecule has 1 atom stereocenters. The smallest absolute Gasteiger partial charge is 0.120 e. The largest absolute Gasteiger partial charge is 0.508 e. The molecular formula is C15H16BrNO. The fourth-order valence-corrected chi connectivity index (χ4v) is 2.49. The lowest BCUT2D eigenvalue weighted by atomic mass is 10.1. The lowest BCUT2D eigenvalue weighted by Crippen LogP contribution is -2.18. The molecule has 0 spiro atoms. The van der Waals surface area contributed by atoms with Crippen LogP contribution in [0.15, 0.2) is 53.0 Å². The molecule has 0 amide bonds. The van der Waals surface area contributed by atoms with Crippen molar-refractivity contribution >= 4 is 15.9 Å². The van der Waals surface area contributed by atoms with Crippen LogP contribution in [0.5, 0.6) is 5.75 Å². The fourth-order valence-electron chi connectivity index (χ4n) is 1.86. The molecule has 0 fully saturated rings. The molecule has 0 radical (unpaired) electrons. The molecule has 1 unspecified atom stereocenters. The van der Waals surface area contributed by atoms with Gasteiger partial charge >= 0.3 is 0 Å². The molecule has 0 aliphatic rings. The highest BCUT2D eigenvalue weighted by Crippen LogP contribution is 2.23. The van der Waals surface area contributed by atoms with E-state index < -0.39 is 0 Å². The van der Waals surface area contributed by atoms with Gasteiger partial charge in [0, 0.05) is 22.6 Å². The molecule has 0 saturated heterocycles. The first kappa shape index (κ1) is 13.1. The number of halogens is 1. The van der Waals surface area contributed by atoms with Crippen LogP contribution in [0.4, 0.5) is 0 Å². The van der Waals surface area contributed by atoms with Crippen LogP contribution in [0.1, 0.15) is 24.1 Å². The van der Waals surface area contributed by atoms with Crippen molar-refractivity contribution in [2.75, 3.05) is 0 Å². The van der Waals surface area contributed by atoms with Crippen molar-refractivity contribution < 1.29 is 5.11 Å². The molecule has 3 heteroatoms. The van der Waals surface area contributed by atoms with Crippen LogP contribution < -0.4 is 5.32 Å². The Morgan fingerprint density at radius 1 is 1.11 bits per heavy atom. The Morgan fingerprint density at radius 2 is 1.78 bits per heavy atom. The molecule has 0 aliphatic heterocycles. The predicted molar refractivity (Wildman–Crippen MR) is 77.5 cm³/mol. The van der Waals surface area contributed by atoms with Crippen molar-refractivity contribution in [1.82, 2.24) is 5.32 Å². The van der Waals surface area contributed by atoms with Crippen LogP contribution in [-0.4, -0.2) is 5.11 Å². The maximum Gasteiger partial charge on any atom is 0.120 e. The third kappa shape index (κ3) is 3.12. The SMILES string of the molecule is CC(NCc1ccccc1O)c1ccccc1Br. The van der Waals surface area contributed by atoms with Crippen LogP contribution in [0.25, 0.3) is 0 Å². The van der Waals surface area contributed by atoms with E-state index >= 15 is 0 Å². The number of hydrogen-bond acceptors (Lipinski definition) is 2. The second-order valence-electron chi connectivity index (χ2n) is 4.25. The van der Waals surface area contributed by atoms with Gasteiger partial charge in [0.15, 0.2) is 0 Å². The van der Waals surface area contributed by atoms with Crippen LogP contribution >= 0.6 is 15.9 Å². The molecular weight excluding hydrogens is 290 g/mol. The summed E-state index contributed by atoms with van der Waals surface area (Å²) < 4.78 is 1.10. The molecule has 18 heavy (non-hydrogen) atoms. The highest BCUT2D eigenvalue weighted by atomic mass is 79.9. The number of nitrogens with one attached hydrogen (secondary N) is 1. The van der Waals surface area contributed by atoms with E-state index in [-0.39, 0.29) is 6.04 Å². The molecule has 2 aromatic rings. The van der Waals surface area contributed by atoms with Gasteiger partial charge in [-0.2, -0.15) is 0 Å². The lowest BCUT2D eigenvalue weighted by Gasteiger charge is -2.16. The molecule has 2 rings (SSSR count). The predicted octanol–water partition coefficient (Wildman–Crippen LogP) is 4.01. The van der Waals surface area contributed by atoms with Crippen molar-refractivity contribution in [3.63, 3.8) is 0 Å². The summed E-state index contributed by atoms with van der Waals surface area (Å²) >= 11 is 3.55. The minimum absolute atomic E-state index is 0.222. The first-order chi connectivity index (χ1) is 8.68. The second-order valence-corrected chi connectivity index (χ2v) is 5.11. The van der Waals surface area contributed by atoms with E-state index in [2.05, 4.69) is 34.2 Å². The third-order valence-corrected chi connectivity index (χ3v) is 3.68. The summed E-state index contributed by atoms with van der Waals surface area (Å²) in [6.45, 7) is 2.76. The van der Waals surface area contributed by atoms with E-state index in [1.165, 1.54) is 5.56 Å². The summed E-state index contributed by atoms with van der Waals surface area (Å²) in [6.07, 6.45) is 0. The summed E-state index contributed by atoms with van der Waals surface area (Å²) in [7, 11) is 0. The molecule has 0 aliphatic carbocycles. The summed E-state index contributed by atoms with van der Waals surface area (Å²) in [4.78, 5) is 0. The van der Waals surface area contributed by atoms with Gasteiger partial charge in [0.2, 0.25) is 0 Å². The average molecular weight is 306 g/mol. The highest BCUT2D eigenvalue weighted by Gasteiger charge is 2.08. The number of para-hydroxylation sites is 1. The molecule has 0 saturated carbocycles. The summed E-state index contributed by atoms with van der Waals surface area (Å²) in [5.41, 5.74) is 2.13. The first-order valence-corrected chi connectivity index (χ1v) is 6.72. The maximum absolute atomic E-state index is 9.70. The van der Waals surface area contributed by atoms with Crippen LogP contribution in [0.2, 0.25) is 0 Å². The molecule has 0 bridgehead atoms. The second kappa shape index (κ2) is 6.03. The van der Waals surface area contributed by atoms with Crippen molar-refractivity contribution in [3.05, 3.63) is 64.1 Å². The van der Waals surface area contributed by atoms with Gasteiger partial charge in [-0.1, -0.05) is 52.3 Å². The van der Waals surface area contributed by atoms with Gasteiger partial charge in [-0.15, -0.1) is 0 Å². The van der Waals surface area contributed by atoms with Gasteiger partial charge in [-0.25, -0.2) is 0 Å². The van der Waals surface area contributed by atoms with Crippen molar-refractivity contribution in [1.29, 1.82) is 0 Å². The topological polar surface area (TPSA) is 32.3 Å². The quantitative estimate of drug-likeness (QED) is 0.894. The third-order valence-electron chi connectivity index (χ3n) is 2.96. The molecule has 2 aromatic carbocycles. The molecule has 2 nitrogen and oxygen atoms in total. The standard InChI is InChI=1S/C15H16BrNO/c1-11(13-7-3-4-8-14(13)16)17-10-12-6-2-5-9-15(12)18/h2-9,11,17-18H,10H2,1H3. The van der Waals surface area contributed by atoms with Gasteiger partial charge in [-0.3, -0.25) is 0 Å². The van der Waals surface area contributed by atoms with Crippen LogP contribution in [0, 0.1) is 0 Å². The Hall–Kier alpha value is -1.32. The first-order valence-electron chi connectivity index (χ1n) is 5.93. The monoisotopic (exact) mass is 305 g/mol. The highest BCUT2D eigenvalue weighted by molar-refractivity contribution is 9.10. The zero-order chi connectivity index (χ0) is 13.0. The Bertz CT molecular complexity index is 527. The Kier molecular flexibility index (Phi) is 4.39. The van der Waals surface area contributed by atoms with E-state index in [0.29, 0.717) is 12.3 Å². The number of phenolic OH excluding ortho intramolecular Hbond substituents is 1. The van der Waals surface area contributed by atoms with Crippen molar-refractivity contribution in [3.8, 4) is 5.75 Å². The summed E-state index contributed by atoms with van der Waals surface area (Å²) in [5.74, 6) is 0.337. The minimum Gasteiger partial charge on any atom is -0.508 e. The molecule has 0 heterocycles. The molecule has 94 valence electrons. The Labute approximate surface area is 116 Å². The summed E-state index contributed by atoms with van der Waals surface area (Å²) in [6, 6.07) is 15.8. The Balaban J connectivity index is 2.03. The number of hydrogen-bond donors (Lipinski definition) is 2. The Morgan fingerprint density at radius 3 is 2.50 bits per heavy atom. The van der Waals surface area contributed by atoms with Gasteiger partial charge in [-0.05, 0) is 24.6 Å². The minimum atomic E-state index is 0.222. The van der Waals surface area contributed by atoms with Gasteiger partial charge in [0.25, 0.3) is 0 Å². The summed E-state index contributed by atoms with van der Waals surface area (Å²) in [5, 5.41) is 13.1. The van der Waals surface area contributed by atoms with Crippen molar-refractivity contribution in [2.24, 2.45) is 0 Å². The van der Waals surface area contributed by atoms with E-state index in [0.717, 1.165) is 10.0 Å². The van der Waals surface area contributed by atoms with E-state index in [1.54, 1.807) is 6.07 Å². The van der Waals surface area contributed by atoms with Crippen molar-refractivity contribution in [2.45, 2.75) is 19.5 Å². The van der Waals surface area contributed by atoms with Gasteiger partial charge < -0.3 is 10.4 Å². The van der Waals surface area contributed by atoms with Gasteiger partial charge in [0.1, 0.15) is 5.75 Å². The number of benzene rings is 2.